The maximum Gasteiger partial charge on any atom is 0.251 e. The minimum absolute atomic E-state index is 0.0234. The molecule has 3 N–H and O–H groups in total. The van der Waals surface area contributed by atoms with Crippen molar-refractivity contribution in [3.05, 3.63) is 34.9 Å². The number of hydrogen-bond acceptors (Lipinski definition) is 2. The molecule has 3 heteroatoms. The molecule has 19 heavy (non-hydrogen) atoms. The van der Waals surface area contributed by atoms with Gasteiger partial charge in [0.25, 0.3) is 5.91 Å². The number of aryl methyl sites for hydroxylation is 2. The van der Waals surface area contributed by atoms with Crippen LogP contribution in [0.2, 0.25) is 0 Å². The second kappa shape index (κ2) is 6.20. The van der Waals surface area contributed by atoms with Gasteiger partial charge >= 0.3 is 0 Å². The number of carbonyl (C=O) groups is 1. The minimum atomic E-state index is 0.0234. The van der Waals surface area contributed by atoms with Crippen molar-refractivity contribution >= 4 is 5.91 Å². The van der Waals surface area contributed by atoms with Gasteiger partial charge in [-0.2, -0.15) is 0 Å². The van der Waals surface area contributed by atoms with E-state index in [-0.39, 0.29) is 11.9 Å². The van der Waals surface area contributed by atoms with Gasteiger partial charge in [0, 0.05) is 18.2 Å². The van der Waals surface area contributed by atoms with E-state index < -0.39 is 0 Å². The number of nitrogens with two attached hydrogens (primary N) is 1. The fraction of sp³-hybridized carbons (Fsp3) is 0.562. The normalized spacial score (nSPS) is 23.1. The number of hydrogen-bond donors (Lipinski definition) is 2. The third-order valence-corrected chi connectivity index (χ3v) is 4.12. The highest BCUT2D eigenvalue weighted by Gasteiger charge is 2.22. The van der Waals surface area contributed by atoms with Gasteiger partial charge in [-0.3, -0.25) is 4.79 Å². The molecule has 0 radical (unpaired) electrons. The van der Waals surface area contributed by atoms with Crippen LogP contribution in [0.1, 0.15) is 47.2 Å². The summed E-state index contributed by atoms with van der Waals surface area (Å²) in [5.41, 5.74) is 9.09. The quantitative estimate of drug-likeness (QED) is 0.877. The maximum absolute atomic E-state index is 12.2. The van der Waals surface area contributed by atoms with Gasteiger partial charge in [0.2, 0.25) is 0 Å². The Bertz CT molecular complexity index is 456. The lowest BCUT2D eigenvalue weighted by Crippen LogP contribution is -2.41. The first kappa shape index (κ1) is 14.1. The topological polar surface area (TPSA) is 55.1 Å². The molecule has 1 saturated carbocycles. The van der Waals surface area contributed by atoms with Crippen molar-refractivity contribution in [2.75, 3.05) is 6.54 Å². The van der Waals surface area contributed by atoms with E-state index in [0.29, 0.717) is 12.5 Å². The third kappa shape index (κ3) is 3.57. The van der Waals surface area contributed by atoms with Crippen LogP contribution in [-0.4, -0.2) is 18.5 Å². The Labute approximate surface area is 115 Å². The largest absolute Gasteiger partial charge is 0.352 e. The molecule has 0 saturated heterocycles. The van der Waals surface area contributed by atoms with Crippen molar-refractivity contribution in [3.63, 3.8) is 0 Å². The monoisotopic (exact) mass is 260 g/mol. The Balaban J connectivity index is 1.93. The van der Waals surface area contributed by atoms with Gasteiger partial charge in [-0.25, -0.2) is 0 Å². The van der Waals surface area contributed by atoms with Crippen LogP contribution in [0.15, 0.2) is 18.2 Å². The molecular formula is C16H24N2O. The van der Waals surface area contributed by atoms with E-state index in [9.17, 15) is 4.79 Å². The zero-order valence-electron chi connectivity index (χ0n) is 11.9. The van der Waals surface area contributed by atoms with Crippen molar-refractivity contribution in [2.24, 2.45) is 11.7 Å². The smallest absolute Gasteiger partial charge is 0.251 e. The Morgan fingerprint density at radius 3 is 2.74 bits per heavy atom. The van der Waals surface area contributed by atoms with Gasteiger partial charge in [-0.15, -0.1) is 0 Å². The Kier molecular flexibility index (Phi) is 4.59. The summed E-state index contributed by atoms with van der Waals surface area (Å²) >= 11 is 0. The predicted octanol–water partition coefficient (Wildman–Crippen LogP) is 2.55. The second-order valence-corrected chi connectivity index (χ2v) is 5.74. The van der Waals surface area contributed by atoms with Gasteiger partial charge in [-0.1, -0.05) is 30.5 Å². The first-order valence-electron chi connectivity index (χ1n) is 7.19. The van der Waals surface area contributed by atoms with Crippen molar-refractivity contribution in [2.45, 2.75) is 45.6 Å². The lowest BCUT2D eigenvalue weighted by Gasteiger charge is -2.28. The number of rotatable bonds is 3. The van der Waals surface area contributed by atoms with E-state index in [1.165, 1.54) is 18.4 Å². The maximum atomic E-state index is 12.2. The van der Waals surface area contributed by atoms with Crippen molar-refractivity contribution in [1.82, 2.24) is 5.32 Å². The van der Waals surface area contributed by atoms with Crippen molar-refractivity contribution in [3.8, 4) is 0 Å². The van der Waals surface area contributed by atoms with E-state index in [1.807, 2.05) is 32.0 Å². The molecule has 0 bridgehead atoms. The molecule has 1 aliphatic rings. The first-order valence-corrected chi connectivity index (χ1v) is 7.19. The summed E-state index contributed by atoms with van der Waals surface area (Å²) in [7, 11) is 0. The highest BCUT2D eigenvalue weighted by Crippen LogP contribution is 2.22. The van der Waals surface area contributed by atoms with Gasteiger partial charge in [0.05, 0.1) is 0 Å². The van der Waals surface area contributed by atoms with Gasteiger partial charge in [-0.05, 0) is 44.2 Å². The second-order valence-electron chi connectivity index (χ2n) is 5.74. The Hall–Kier alpha value is -1.35. The fourth-order valence-corrected chi connectivity index (χ4v) is 2.88. The minimum Gasteiger partial charge on any atom is -0.352 e. The van der Waals surface area contributed by atoms with Crippen LogP contribution in [0.4, 0.5) is 0 Å². The molecule has 2 unspecified atom stereocenters. The summed E-state index contributed by atoms with van der Waals surface area (Å²) in [6.07, 6.45) is 4.68. The molecule has 0 heterocycles. The molecule has 1 fully saturated rings. The summed E-state index contributed by atoms with van der Waals surface area (Å²) in [6, 6.07) is 6.17. The summed E-state index contributed by atoms with van der Waals surface area (Å²) < 4.78 is 0. The molecule has 0 aliphatic heterocycles. The molecule has 1 aromatic carbocycles. The third-order valence-electron chi connectivity index (χ3n) is 4.12. The first-order chi connectivity index (χ1) is 9.08. The number of nitrogens with one attached hydrogen (secondary N) is 1. The number of carbonyl (C=O) groups excluding carboxylic acids is 1. The van der Waals surface area contributed by atoms with Crippen molar-refractivity contribution < 1.29 is 4.79 Å². The Morgan fingerprint density at radius 1 is 1.32 bits per heavy atom. The van der Waals surface area contributed by atoms with Crippen LogP contribution in [0.5, 0.6) is 0 Å². The average molecular weight is 260 g/mol. The summed E-state index contributed by atoms with van der Waals surface area (Å²) in [6.45, 7) is 4.72. The van der Waals surface area contributed by atoms with Gasteiger partial charge < -0.3 is 11.1 Å². The number of amides is 1. The van der Waals surface area contributed by atoms with Crippen LogP contribution in [0.25, 0.3) is 0 Å². The summed E-state index contributed by atoms with van der Waals surface area (Å²) in [5.74, 6) is 0.457. The molecule has 2 atom stereocenters. The molecule has 0 spiro atoms. The summed E-state index contributed by atoms with van der Waals surface area (Å²) in [4.78, 5) is 12.2. The van der Waals surface area contributed by atoms with E-state index in [1.54, 1.807) is 0 Å². The van der Waals surface area contributed by atoms with Gasteiger partial charge in [0.15, 0.2) is 0 Å². The van der Waals surface area contributed by atoms with E-state index in [4.69, 9.17) is 5.73 Å². The molecule has 1 amide bonds. The zero-order valence-corrected chi connectivity index (χ0v) is 11.9. The Morgan fingerprint density at radius 2 is 2.05 bits per heavy atom. The van der Waals surface area contributed by atoms with E-state index in [2.05, 4.69) is 5.32 Å². The zero-order chi connectivity index (χ0) is 13.8. The molecule has 3 nitrogen and oxygen atoms in total. The summed E-state index contributed by atoms with van der Waals surface area (Å²) in [5, 5.41) is 3.04. The standard InChI is InChI=1S/C16H24N2O/c1-11-7-8-14(12(2)9-11)16(19)18-10-13-5-3-4-6-15(13)17/h7-9,13,15H,3-6,10,17H2,1-2H3,(H,18,19). The highest BCUT2D eigenvalue weighted by atomic mass is 16.1. The van der Waals surface area contributed by atoms with Crippen LogP contribution in [0, 0.1) is 19.8 Å². The van der Waals surface area contributed by atoms with Crippen LogP contribution < -0.4 is 11.1 Å². The molecule has 1 aromatic rings. The SMILES string of the molecule is Cc1ccc(C(=O)NCC2CCCCC2N)c(C)c1. The van der Waals surface area contributed by atoms with E-state index >= 15 is 0 Å². The van der Waals surface area contributed by atoms with Gasteiger partial charge in [0.1, 0.15) is 0 Å². The lowest BCUT2D eigenvalue weighted by molar-refractivity contribution is 0.0941. The molecular weight excluding hydrogens is 236 g/mol. The predicted molar refractivity (Wildman–Crippen MR) is 78.2 cm³/mol. The molecule has 1 aliphatic carbocycles. The van der Waals surface area contributed by atoms with Crippen molar-refractivity contribution in [1.29, 1.82) is 0 Å². The molecule has 0 aromatic heterocycles. The van der Waals surface area contributed by atoms with Crippen LogP contribution >= 0.6 is 0 Å². The fourth-order valence-electron chi connectivity index (χ4n) is 2.88. The lowest BCUT2D eigenvalue weighted by atomic mass is 9.85. The molecule has 2 rings (SSSR count). The van der Waals surface area contributed by atoms with Crippen LogP contribution in [0.3, 0.4) is 0 Å². The average Bonchev–Trinajstić information content (AvgIpc) is 2.37. The molecule has 104 valence electrons. The van der Waals surface area contributed by atoms with E-state index in [0.717, 1.165) is 24.0 Å². The highest BCUT2D eigenvalue weighted by molar-refractivity contribution is 5.95. The van der Waals surface area contributed by atoms with Crippen LogP contribution in [-0.2, 0) is 0 Å². The number of benzene rings is 1.